The van der Waals surface area contributed by atoms with Crippen LogP contribution in [0, 0.1) is 5.92 Å². The molecule has 1 aromatic carbocycles. The number of para-hydroxylation sites is 2. The van der Waals surface area contributed by atoms with Crippen molar-refractivity contribution >= 4 is 17.3 Å². The first-order valence-electron chi connectivity index (χ1n) is 7.51. The lowest BCUT2D eigenvalue weighted by Crippen LogP contribution is -2.43. The van der Waals surface area contributed by atoms with Gasteiger partial charge in [-0.05, 0) is 44.9 Å². The number of likely N-dealkylation sites (N-methyl/N-ethyl adjacent to an activating group) is 1. The van der Waals surface area contributed by atoms with Crippen LogP contribution < -0.4 is 11.1 Å². The topological polar surface area (TPSA) is 67.6 Å². The lowest BCUT2D eigenvalue weighted by atomic mass is 10.0. The van der Waals surface area contributed by atoms with Crippen molar-refractivity contribution in [1.82, 2.24) is 4.90 Å². The first-order valence-corrected chi connectivity index (χ1v) is 7.51. The number of ether oxygens (including phenoxy) is 1. The molecule has 1 amide bonds. The minimum absolute atomic E-state index is 0.0351. The molecular weight excluding hydrogens is 266 g/mol. The molecule has 0 bridgehead atoms. The summed E-state index contributed by atoms with van der Waals surface area (Å²) in [6, 6.07) is 7.10. The molecule has 0 aliphatic carbocycles. The van der Waals surface area contributed by atoms with Crippen LogP contribution in [0.3, 0.4) is 0 Å². The van der Waals surface area contributed by atoms with Gasteiger partial charge < -0.3 is 15.8 Å². The minimum Gasteiger partial charge on any atom is -0.397 e. The van der Waals surface area contributed by atoms with Crippen LogP contribution in [0.15, 0.2) is 24.3 Å². The monoisotopic (exact) mass is 291 g/mol. The number of nitrogen functional groups attached to an aromatic ring is 1. The molecule has 5 nitrogen and oxygen atoms in total. The van der Waals surface area contributed by atoms with Gasteiger partial charge in [-0.2, -0.15) is 0 Å². The molecule has 116 valence electrons. The molecule has 1 fully saturated rings. The van der Waals surface area contributed by atoms with E-state index in [1.54, 1.807) is 6.07 Å². The van der Waals surface area contributed by atoms with Crippen LogP contribution >= 0.6 is 0 Å². The molecule has 0 aromatic heterocycles. The molecule has 5 heteroatoms. The number of rotatable bonds is 5. The lowest BCUT2D eigenvalue weighted by Gasteiger charge is -2.30. The Morgan fingerprint density at radius 2 is 2.29 bits per heavy atom. The SMILES string of the molecule is CC(C(=O)Nc1ccccc1N)N(C)CC1CCCOC1. The highest BCUT2D eigenvalue weighted by Crippen LogP contribution is 2.18. The summed E-state index contributed by atoms with van der Waals surface area (Å²) in [5, 5.41) is 2.89. The second-order valence-corrected chi connectivity index (χ2v) is 5.78. The van der Waals surface area contributed by atoms with Crippen LogP contribution in [0.2, 0.25) is 0 Å². The predicted molar refractivity (Wildman–Crippen MR) is 85.1 cm³/mol. The molecule has 1 aliphatic heterocycles. The summed E-state index contributed by atoms with van der Waals surface area (Å²) in [6.07, 6.45) is 2.28. The highest BCUT2D eigenvalue weighted by Gasteiger charge is 2.23. The molecule has 1 aromatic rings. The number of anilines is 2. The van der Waals surface area contributed by atoms with Crippen LogP contribution in [0.25, 0.3) is 0 Å². The maximum atomic E-state index is 12.3. The standard InChI is InChI=1S/C16H25N3O2/c1-12(19(2)10-13-6-5-9-21-11-13)16(20)18-15-8-4-3-7-14(15)17/h3-4,7-8,12-13H,5-6,9-11,17H2,1-2H3,(H,18,20). The fourth-order valence-corrected chi connectivity index (χ4v) is 2.56. The van der Waals surface area contributed by atoms with Crippen molar-refractivity contribution in [2.24, 2.45) is 5.92 Å². The average molecular weight is 291 g/mol. The molecule has 0 spiro atoms. The van der Waals surface area contributed by atoms with E-state index in [1.807, 2.05) is 32.2 Å². The molecule has 1 aliphatic rings. The fourth-order valence-electron chi connectivity index (χ4n) is 2.56. The largest absolute Gasteiger partial charge is 0.397 e. The summed E-state index contributed by atoms with van der Waals surface area (Å²) in [5.41, 5.74) is 7.10. The molecule has 0 saturated carbocycles. The fraction of sp³-hybridized carbons (Fsp3) is 0.562. The number of hydrogen-bond acceptors (Lipinski definition) is 4. The number of carbonyl (C=O) groups is 1. The Morgan fingerprint density at radius 3 is 2.95 bits per heavy atom. The maximum absolute atomic E-state index is 12.3. The number of hydrogen-bond donors (Lipinski definition) is 2. The number of carbonyl (C=O) groups excluding carboxylic acids is 1. The van der Waals surface area contributed by atoms with Crippen molar-refractivity contribution in [3.8, 4) is 0 Å². The quantitative estimate of drug-likeness (QED) is 0.814. The van der Waals surface area contributed by atoms with E-state index in [1.165, 1.54) is 6.42 Å². The van der Waals surface area contributed by atoms with Crippen LogP contribution in [0.4, 0.5) is 11.4 Å². The summed E-state index contributed by atoms with van der Waals surface area (Å²) >= 11 is 0. The van der Waals surface area contributed by atoms with Crippen LogP contribution in [0.5, 0.6) is 0 Å². The molecular formula is C16H25N3O2. The maximum Gasteiger partial charge on any atom is 0.241 e. The van der Waals surface area contributed by atoms with E-state index in [4.69, 9.17) is 10.5 Å². The third-order valence-electron chi connectivity index (χ3n) is 4.06. The van der Waals surface area contributed by atoms with E-state index in [2.05, 4.69) is 10.2 Å². The highest BCUT2D eigenvalue weighted by molar-refractivity contribution is 5.96. The lowest BCUT2D eigenvalue weighted by molar-refractivity contribution is -0.120. The van der Waals surface area contributed by atoms with Crippen LogP contribution in [-0.4, -0.2) is 43.7 Å². The van der Waals surface area contributed by atoms with Crippen molar-refractivity contribution in [2.75, 3.05) is 37.9 Å². The Balaban J connectivity index is 1.87. The third kappa shape index (κ3) is 4.44. The Labute approximate surface area is 126 Å². The molecule has 2 unspecified atom stereocenters. The number of benzene rings is 1. The zero-order valence-electron chi connectivity index (χ0n) is 12.8. The van der Waals surface area contributed by atoms with Crippen molar-refractivity contribution < 1.29 is 9.53 Å². The number of nitrogens with one attached hydrogen (secondary N) is 1. The normalized spacial score (nSPS) is 20.2. The molecule has 1 saturated heterocycles. The summed E-state index contributed by atoms with van der Waals surface area (Å²) in [6.45, 7) is 4.45. The number of nitrogens with two attached hydrogens (primary N) is 1. The van der Waals surface area contributed by atoms with E-state index >= 15 is 0 Å². The van der Waals surface area contributed by atoms with Gasteiger partial charge in [0, 0.05) is 13.2 Å². The highest BCUT2D eigenvalue weighted by atomic mass is 16.5. The van der Waals surface area contributed by atoms with Gasteiger partial charge in [-0.3, -0.25) is 9.69 Å². The van der Waals surface area contributed by atoms with E-state index in [0.29, 0.717) is 17.3 Å². The van der Waals surface area contributed by atoms with Crippen LogP contribution in [0.1, 0.15) is 19.8 Å². The van der Waals surface area contributed by atoms with Gasteiger partial charge in [0.1, 0.15) is 0 Å². The average Bonchev–Trinajstić information content (AvgIpc) is 2.49. The van der Waals surface area contributed by atoms with Crippen LogP contribution in [-0.2, 0) is 9.53 Å². The van der Waals surface area contributed by atoms with Gasteiger partial charge in [-0.25, -0.2) is 0 Å². The predicted octanol–water partition coefficient (Wildman–Crippen LogP) is 1.95. The summed E-state index contributed by atoms with van der Waals surface area (Å²) in [5.74, 6) is 0.480. The minimum atomic E-state index is -0.202. The van der Waals surface area contributed by atoms with Crippen molar-refractivity contribution in [2.45, 2.75) is 25.8 Å². The molecule has 2 atom stereocenters. The van der Waals surface area contributed by atoms with E-state index < -0.39 is 0 Å². The van der Waals surface area contributed by atoms with Gasteiger partial charge in [0.25, 0.3) is 0 Å². The second-order valence-electron chi connectivity index (χ2n) is 5.78. The first-order chi connectivity index (χ1) is 10.1. The van der Waals surface area contributed by atoms with Gasteiger partial charge in [0.05, 0.1) is 24.0 Å². The molecule has 2 rings (SSSR count). The number of nitrogens with zero attached hydrogens (tertiary/aromatic N) is 1. The molecule has 3 N–H and O–H groups in total. The van der Waals surface area contributed by atoms with Crippen molar-refractivity contribution in [3.63, 3.8) is 0 Å². The van der Waals surface area contributed by atoms with Gasteiger partial charge in [0.2, 0.25) is 5.91 Å². The summed E-state index contributed by atoms with van der Waals surface area (Å²) < 4.78 is 5.49. The summed E-state index contributed by atoms with van der Waals surface area (Å²) in [7, 11) is 1.98. The van der Waals surface area contributed by atoms with Gasteiger partial charge in [-0.1, -0.05) is 12.1 Å². The Bertz CT molecular complexity index is 472. The van der Waals surface area contributed by atoms with E-state index in [9.17, 15) is 4.79 Å². The molecule has 1 heterocycles. The number of amides is 1. The van der Waals surface area contributed by atoms with Crippen molar-refractivity contribution in [1.29, 1.82) is 0 Å². The Hall–Kier alpha value is -1.59. The van der Waals surface area contributed by atoms with E-state index in [-0.39, 0.29) is 11.9 Å². The third-order valence-corrected chi connectivity index (χ3v) is 4.06. The zero-order valence-corrected chi connectivity index (χ0v) is 12.8. The zero-order chi connectivity index (χ0) is 15.2. The van der Waals surface area contributed by atoms with Gasteiger partial charge in [0.15, 0.2) is 0 Å². The molecule has 21 heavy (non-hydrogen) atoms. The Morgan fingerprint density at radius 1 is 1.52 bits per heavy atom. The van der Waals surface area contributed by atoms with Crippen molar-refractivity contribution in [3.05, 3.63) is 24.3 Å². The second kappa shape index (κ2) is 7.43. The first kappa shape index (κ1) is 15.8. The van der Waals surface area contributed by atoms with Gasteiger partial charge >= 0.3 is 0 Å². The van der Waals surface area contributed by atoms with Gasteiger partial charge in [-0.15, -0.1) is 0 Å². The molecule has 0 radical (unpaired) electrons. The summed E-state index contributed by atoms with van der Waals surface area (Å²) in [4.78, 5) is 14.4. The Kier molecular flexibility index (Phi) is 5.59. The van der Waals surface area contributed by atoms with E-state index in [0.717, 1.165) is 26.2 Å². The smallest absolute Gasteiger partial charge is 0.241 e.